The van der Waals surface area contributed by atoms with E-state index in [9.17, 15) is 4.79 Å². The Bertz CT molecular complexity index is 547. The second kappa shape index (κ2) is 6.38. The monoisotopic (exact) mass is 259 g/mol. The molecule has 0 spiro atoms. The van der Waals surface area contributed by atoms with Gasteiger partial charge >= 0.3 is 0 Å². The minimum Gasteiger partial charge on any atom is -0.361 e. The number of carbonyl (C=O) groups is 1. The van der Waals surface area contributed by atoms with Crippen molar-refractivity contribution in [2.24, 2.45) is 5.73 Å². The Balaban J connectivity index is 2.12. The fourth-order valence-corrected chi connectivity index (χ4v) is 2.25. The maximum Gasteiger partial charge on any atom is 0.252 e. The van der Waals surface area contributed by atoms with Crippen molar-refractivity contribution in [3.63, 3.8) is 0 Å². The van der Waals surface area contributed by atoms with Crippen LogP contribution >= 0.6 is 0 Å². The van der Waals surface area contributed by atoms with Gasteiger partial charge in [-0.25, -0.2) is 0 Å². The highest BCUT2D eigenvalue weighted by molar-refractivity contribution is 6.06. The largest absolute Gasteiger partial charge is 0.361 e. The van der Waals surface area contributed by atoms with E-state index >= 15 is 0 Å². The van der Waals surface area contributed by atoms with Gasteiger partial charge in [-0.2, -0.15) is 0 Å². The number of H-pyrrole nitrogens is 1. The fraction of sp³-hybridized carbons (Fsp3) is 0.400. The zero-order valence-electron chi connectivity index (χ0n) is 11.3. The Hall–Kier alpha value is -1.81. The third kappa shape index (κ3) is 3.15. The molecule has 2 aromatic rings. The number of hydrogen-bond acceptors (Lipinski definition) is 2. The lowest BCUT2D eigenvalue weighted by Gasteiger charge is -2.16. The first-order valence-corrected chi connectivity index (χ1v) is 6.83. The van der Waals surface area contributed by atoms with Gasteiger partial charge in [0.05, 0.1) is 0 Å². The number of unbranched alkanes of at least 4 members (excludes halogenated alkanes) is 1. The Morgan fingerprint density at radius 3 is 3.00 bits per heavy atom. The third-order valence-electron chi connectivity index (χ3n) is 3.37. The summed E-state index contributed by atoms with van der Waals surface area (Å²) in [5.41, 5.74) is 7.39. The first-order chi connectivity index (χ1) is 9.26. The maximum atomic E-state index is 12.3. The van der Waals surface area contributed by atoms with Crippen molar-refractivity contribution in [2.45, 2.75) is 32.2 Å². The predicted molar refractivity (Wildman–Crippen MR) is 78.1 cm³/mol. The quantitative estimate of drug-likeness (QED) is 0.745. The average molecular weight is 259 g/mol. The number of fused-ring (bicyclic) bond motifs is 1. The molecule has 0 saturated carbocycles. The first kappa shape index (κ1) is 13.6. The van der Waals surface area contributed by atoms with Crippen LogP contribution in [-0.4, -0.2) is 23.5 Å². The SMILES string of the molecule is CCCCC(CN)NC(=O)c1cccc2[nH]ccc12. The number of rotatable bonds is 6. The van der Waals surface area contributed by atoms with Crippen LogP contribution in [0, 0.1) is 0 Å². The van der Waals surface area contributed by atoms with E-state index in [0.717, 1.165) is 30.2 Å². The molecule has 0 saturated heterocycles. The van der Waals surface area contributed by atoms with Gasteiger partial charge in [-0.15, -0.1) is 0 Å². The predicted octanol–water partition coefficient (Wildman–Crippen LogP) is 2.42. The summed E-state index contributed by atoms with van der Waals surface area (Å²) in [7, 11) is 0. The second-order valence-corrected chi connectivity index (χ2v) is 4.79. The molecule has 0 fully saturated rings. The van der Waals surface area contributed by atoms with Gasteiger partial charge in [-0.05, 0) is 24.6 Å². The van der Waals surface area contributed by atoms with Gasteiger partial charge < -0.3 is 16.0 Å². The number of nitrogens with two attached hydrogens (primary N) is 1. The van der Waals surface area contributed by atoms with Crippen molar-refractivity contribution in [3.8, 4) is 0 Å². The lowest BCUT2D eigenvalue weighted by atomic mass is 10.1. The summed E-state index contributed by atoms with van der Waals surface area (Å²) in [6.07, 6.45) is 4.97. The summed E-state index contributed by atoms with van der Waals surface area (Å²) in [6.45, 7) is 2.62. The van der Waals surface area contributed by atoms with Crippen LogP contribution in [0.5, 0.6) is 0 Å². The third-order valence-corrected chi connectivity index (χ3v) is 3.37. The number of nitrogens with one attached hydrogen (secondary N) is 2. The molecule has 0 aliphatic heterocycles. The molecule has 4 heteroatoms. The Kier molecular flexibility index (Phi) is 4.58. The smallest absolute Gasteiger partial charge is 0.252 e. The standard InChI is InChI=1S/C15H21N3O/c1-2-3-5-11(10-16)18-15(19)13-6-4-7-14-12(13)8-9-17-14/h4,6-9,11,17H,2-3,5,10,16H2,1H3,(H,18,19). The molecule has 102 valence electrons. The molecule has 0 bridgehead atoms. The van der Waals surface area contributed by atoms with E-state index in [2.05, 4.69) is 17.2 Å². The van der Waals surface area contributed by atoms with Crippen molar-refractivity contribution in [2.75, 3.05) is 6.54 Å². The molecule has 0 radical (unpaired) electrons. The minimum atomic E-state index is -0.0447. The fourth-order valence-electron chi connectivity index (χ4n) is 2.25. The van der Waals surface area contributed by atoms with Gasteiger partial charge in [0.15, 0.2) is 0 Å². The molecule has 1 amide bonds. The van der Waals surface area contributed by atoms with E-state index < -0.39 is 0 Å². The number of aromatic amines is 1. The molecular weight excluding hydrogens is 238 g/mol. The van der Waals surface area contributed by atoms with Crippen molar-refractivity contribution in [3.05, 3.63) is 36.0 Å². The molecule has 1 heterocycles. The lowest BCUT2D eigenvalue weighted by molar-refractivity contribution is 0.0937. The highest BCUT2D eigenvalue weighted by atomic mass is 16.1. The van der Waals surface area contributed by atoms with Gasteiger partial charge in [0.1, 0.15) is 0 Å². The number of aromatic nitrogens is 1. The molecule has 19 heavy (non-hydrogen) atoms. The summed E-state index contributed by atoms with van der Waals surface area (Å²) in [5.74, 6) is -0.0447. The molecular formula is C15H21N3O. The normalized spacial score (nSPS) is 12.5. The minimum absolute atomic E-state index is 0.0447. The van der Waals surface area contributed by atoms with Gasteiger partial charge in [-0.3, -0.25) is 4.79 Å². The van der Waals surface area contributed by atoms with Crippen LogP contribution < -0.4 is 11.1 Å². The van der Waals surface area contributed by atoms with Gasteiger partial charge in [0.25, 0.3) is 5.91 Å². The molecule has 2 rings (SSSR count). The van der Waals surface area contributed by atoms with Crippen molar-refractivity contribution in [1.29, 1.82) is 0 Å². The highest BCUT2D eigenvalue weighted by Crippen LogP contribution is 2.17. The van der Waals surface area contributed by atoms with E-state index in [1.807, 2.05) is 30.5 Å². The maximum absolute atomic E-state index is 12.3. The summed E-state index contributed by atoms with van der Waals surface area (Å²) < 4.78 is 0. The van der Waals surface area contributed by atoms with Crippen LogP contribution in [0.15, 0.2) is 30.5 Å². The van der Waals surface area contributed by atoms with Crippen LogP contribution in [0.1, 0.15) is 36.5 Å². The summed E-state index contributed by atoms with van der Waals surface area (Å²) in [5, 5.41) is 3.97. The first-order valence-electron chi connectivity index (χ1n) is 6.83. The summed E-state index contributed by atoms with van der Waals surface area (Å²) in [4.78, 5) is 15.4. The second-order valence-electron chi connectivity index (χ2n) is 4.79. The Morgan fingerprint density at radius 1 is 1.42 bits per heavy atom. The molecule has 1 aromatic carbocycles. The van der Waals surface area contributed by atoms with Crippen LogP contribution in [-0.2, 0) is 0 Å². The highest BCUT2D eigenvalue weighted by Gasteiger charge is 2.14. The lowest BCUT2D eigenvalue weighted by Crippen LogP contribution is -2.40. The molecule has 1 atom stereocenters. The van der Waals surface area contributed by atoms with Gasteiger partial charge in [0.2, 0.25) is 0 Å². The summed E-state index contributed by atoms with van der Waals surface area (Å²) >= 11 is 0. The average Bonchev–Trinajstić information content (AvgIpc) is 2.91. The molecule has 0 aliphatic carbocycles. The van der Waals surface area contributed by atoms with Crippen LogP contribution in [0.25, 0.3) is 10.9 Å². The molecule has 1 unspecified atom stereocenters. The molecule has 4 nitrogen and oxygen atoms in total. The van der Waals surface area contributed by atoms with Crippen molar-refractivity contribution >= 4 is 16.8 Å². The molecule has 1 aromatic heterocycles. The van der Waals surface area contributed by atoms with Crippen molar-refractivity contribution < 1.29 is 4.79 Å². The zero-order chi connectivity index (χ0) is 13.7. The molecule has 4 N–H and O–H groups in total. The van der Waals surface area contributed by atoms with Crippen LogP contribution in [0.3, 0.4) is 0 Å². The van der Waals surface area contributed by atoms with Gasteiger partial charge in [0, 0.05) is 35.2 Å². The number of amides is 1. The van der Waals surface area contributed by atoms with Crippen LogP contribution in [0.4, 0.5) is 0 Å². The topological polar surface area (TPSA) is 70.9 Å². The van der Waals surface area contributed by atoms with E-state index in [-0.39, 0.29) is 11.9 Å². The van der Waals surface area contributed by atoms with E-state index in [0.29, 0.717) is 12.1 Å². The Morgan fingerprint density at radius 2 is 2.26 bits per heavy atom. The van der Waals surface area contributed by atoms with Crippen molar-refractivity contribution in [1.82, 2.24) is 10.3 Å². The summed E-state index contributed by atoms with van der Waals surface area (Å²) in [6, 6.07) is 7.68. The van der Waals surface area contributed by atoms with Crippen LogP contribution in [0.2, 0.25) is 0 Å². The Labute approximate surface area is 113 Å². The molecule has 0 aliphatic rings. The number of benzene rings is 1. The van der Waals surface area contributed by atoms with E-state index in [4.69, 9.17) is 5.73 Å². The van der Waals surface area contributed by atoms with Gasteiger partial charge in [-0.1, -0.05) is 25.8 Å². The zero-order valence-corrected chi connectivity index (χ0v) is 11.3. The number of carbonyl (C=O) groups excluding carboxylic acids is 1. The van der Waals surface area contributed by atoms with E-state index in [1.165, 1.54) is 0 Å². The number of hydrogen-bond donors (Lipinski definition) is 3. The van der Waals surface area contributed by atoms with E-state index in [1.54, 1.807) is 0 Å².